The number of carbonyl (C=O) groups is 1. The van der Waals surface area contributed by atoms with Gasteiger partial charge in [-0.05, 0) is 26.5 Å². The molecule has 0 bridgehead atoms. The number of rotatable bonds is 4. The fraction of sp³-hybridized carbons (Fsp3) is 0.889. The van der Waals surface area contributed by atoms with Crippen molar-refractivity contribution in [3.8, 4) is 0 Å². The molecule has 0 heterocycles. The van der Waals surface area contributed by atoms with Gasteiger partial charge in [0, 0.05) is 0 Å². The molecule has 0 amide bonds. The lowest BCUT2D eigenvalue weighted by Gasteiger charge is -2.24. The zero-order valence-corrected chi connectivity index (χ0v) is 9.73. The van der Waals surface area contributed by atoms with Crippen LogP contribution in [-0.2, 0) is 14.3 Å². The first-order chi connectivity index (χ1) is 5.90. The van der Waals surface area contributed by atoms with Gasteiger partial charge in [-0.3, -0.25) is 0 Å². The number of methoxy groups -OCH3 is 1. The maximum atomic E-state index is 11.2. The Labute approximate surface area is 84.2 Å². The molecule has 0 aliphatic rings. The van der Waals surface area contributed by atoms with E-state index in [1.54, 1.807) is 0 Å². The molecular weight excluding hydrogens is 188 g/mol. The third kappa shape index (κ3) is 5.93. The van der Waals surface area contributed by atoms with Crippen molar-refractivity contribution < 1.29 is 14.3 Å². The smallest absolute Gasteiger partial charge is 0.345 e. The van der Waals surface area contributed by atoms with Crippen LogP contribution in [0.25, 0.3) is 0 Å². The van der Waals surface area contributed by atoms with Crippen molar-refractivity contribution in [1.29, 1.82) is 0 Å². The zero-order valence-electron chi connectivity index (χ0n) is 8.92. The molecule has 0 aromatic heterocycles. The van der Waals surface area contributed by atoms with Gasteiger partial charge in [-0.1, -0.05) is 6.92 Å². The molecule has 3 nitrogen and oxygen atoms in total. The van der Waals surface area contributed by atoms with Crippen molar-refractivity contribution in [2.24, 2.45) is 0 Å². The lowest BCUT2D eigenvalue weighted by Crippen LogP contribution is -2.32. The summed E-state index contributed by atoms with van der Waals surface area (Å²) in [6.07, 6.45) is 0. The lowest BCUT2D eigenvalue weighted by atomic mass is 10.2. The van der Waals surface area contributed by atoms with Gasteiger partial charge in [0.2, 0.25) is 5.44 Å². The Balaban J connectivity index is 4.17. The van der Waals surface area contributed by atoms with Crippen LogP contribution in [0.15, 0.2) is 0 Å². The molecule has 0 saturated carbocycles. The SMILES string of the molecule is CCSC(OC(C)(C)C)C(=O)OC. The Morgan fingerprint density at radius 2 is 2.00 bits per heavy atom. The van der Waals surface area contributed by atoms with E-state index < -0.39 is 5.44 Å². The highest BCUT2D eigenvalue weighted by atomic mass is 32.2. The van der Waals surface area contributed by atoms with E-state index in [4.69, 9.17) is 4.74 Å². The fourth-order valence-corrected chi connectivity index (χ4v) is 1.61. The van der Waals surface area contributed by atoms with Crippen molar-refractivity contribution >= 4 is 17.7 Å². The van der Waals surface area contributed by atoms with Crippen molar-refractivity contribution in [1.82, 2.24) is 0 Å². The molecule has 1 atom stereocenters. The van der Waals surface area contributed by atoms with Crippen LogP contribution in [0, 0.1) is 0 Å². The van der Waals surface area contributed by atoms with Gasteiger partial charge in [-0.15, -0.1) is 11.8 Å². The largest absolute Gasteiger partial charge is 0.466 e. The first-order valence-corrected chi connectivity index (χ1v) is 5.33. The van der Waals surface area contributed by atoms with Crippen LogP contribution in [0.2, 0.25) is 0 Å². The number of ether oxygens (including phenoxy) is 2. The molecule has 4 heteroatoms. The molecular formula is C9H18O3S. The first kappa shape index (κ1) is 12.8. The van der Waals surface area contributed by atoms with Crippen LogP contribution in [0.5, 0.6) is 0 Å². The van der Waals surface area contributed by atoms with Crippen molar-refractivity contribution in [3.63, 3.8) is 0 Å². The maximum Gasteiger partial charge on any atom is 0.345 e. The molecule has 0 spiro atoms. The van der Waals surface area contributed by atoms with Gasteiger partial charge in [0.25, 0.3) is 0 Å². The van der Waals surface area contributed by atoms with E-state index in [2.05, 4.69) is 4.74 Å². The lowest BCUT2D eigenvalue weighted by molar-refractivity contribution is -0.154. The minimum Gasteiger partial charge on any atom is -0.466 e. The Morgan fingerprint density at radius 1 is 1.46 bits per heavy atom. The van der Waals surface area contributed by atoms with Crippen LogP contribution in [0.1, 0.15) is 27.7 Å². The molecule has 0 aromatic rings. The van der Waals surface area contributed by atoms with Gasteiger partial charge in [0.05, 0.1) is 12.7 Å². The third-order valence-corrected chi connectivity index (χ3v) is 2.10. The van der Waals surface area contributed by atoms with E-state index in [1.807, 2.05) is 27.7 Å². The summed E-state index contributed by atoms with van der Waals surface area (Å²) in [7, 11) is 1.37. The zero-order chi connectivity index (χ0) is 10.5. The van der Waals surface area contributed by atoms with Crippen LogP contribution in [0.4, 0.5) is 0 Å². The fourth-order valence-electron chi connectivity index (χ4n) is 0.719. The quantitative estimate of drug-likeness (QED) is 0.521. The van der Waals surface area contributed by atoms with E-state index in [1.165, 1.54) is 18.9 Å². The number of hydrogen-bond acceptors (Lipinski definition) is 4. The van der Waals surface area contributed by atoms with Gasteiger partial charge >= 0.3 is 5.97 Å². The summed E-state index contributed by atoms with van der Waals surface area (Å²) in [6.45, 7) is 7.73. The molecule has 0 aliphatic heterocycles. The van der Waals surface area contributed by atoms with Crippen LogP contribution in [0.3, 0.4) is 0 Å². The molecule has 13 heavy (non-hydrogen) atoms. The Hall–Kier alpha value is -0.220. The number of esters is 1. The Morgan fingerprint density at radius 3 is 2.31 bits per heavy atom. The summed E-state index contributed by atoms with van der Waals surface area (Å²) < 4.78 is 10.1. The maximum absolute atomic E-state index is 11.2. The van der Waals surface area contributed by atoms with Crippen LogP contribution < -0.4 is 0 Å². The van der Waals surface area contributed by atoms with Gasteiger partial charge in [0.1, 0.15) is 0 Å². The second-order valence-electron chi connectivity index (χ2n) is 3.54. The molecule has 0 radical (unpaired) electrons. The number of thioether (sulfide) groups is 1. The highest BCUT2D eigenvalue weighted by Gasteiger charge is 2.25. The van der Waals surface area contributed by atoms with Crippen LogP contribution >= 0.6 is 11.8 Å². The van der Waals surface area contributed by atoms with E-state index in [9.17, 15) is 4.79 Å². The summed E-state index contributed by atoms with van der Waals surface area (Å²) in [4.78, 5) is 11.2. The van der Waals surface area contributed by atoms with Crippen molar-refractivity contribution in [3.05, 3.63) is 0 Å². The average Bonchev–Trinajstić information content (AvgIpc) is 2.00. The minimum absolute atomic E-state index is 0.318. The molecule has 0 aromatic carbocycles. The van der Waals surface area contributed by atoms with Crippen molar-refractivity contribution in [2.45, 2.75) is 38.7 Å². The van der Waals surface area contributed by atoms with E-state index in [0.717, 1.165) is 5.75 Å². The molecule has 0 fully saturated rings. The van der Waals surface area contributed by atoms with E-state index in [0.29, 0.717) is 0 Å². The van der Waals surface area contributed by atoms with Crippen molar-refractivity contribution in [2.75, 3.05) is 12.9 Å². The number of carbonyl (C=O) groups excluding carboxylic acids is 1. The highest BCUT2D eigenvalue weighted by molar-refractivity contribution is 8.00. The molecule has 1 unspecified atom stereocenters. The summed E-state index contributed by atoms with van der Waals surface area (Å²) >= 11 is 1.44. The third-order valence-electron chi connectivity index (χ3n) is 1.17. The van der Waals surface area contributed by atoms with E-state index >= 15 is 0 Å². The number of hydrogen-bond donors (Lipinski definition) is 0. The molecule has 0 saturated heterocycles. The predicted molar refractivity (Wildman–Crippen MR) is 54.8 cm³/mol. The predicted octanol–water partition coefficient (Wildman–Crippen LogP) is 2.05. The summed E-state index contributed by atoms with van der Waals surface area (Å²) in [5, 5.41) is 0. The van der Waals surface area contributed by atoms with Gasteiger partial charge in [-0.25, -0.2) is 4.79 Å². The second kappa shape index (κ2) is 5.50. The molecule has 78 valence electrons. The van der Waals surface area contributed by atoms with Gasteiger partial charge in [-0.2, -0.15) is 0 Å². The standard InChI is InChI=1S/C9H18O3S/c1-6-13-8(7(10)11-5)12-9(2,3)4/h8H,6H2,1-5H3. The summed E-state index contributed by atoms with van der Waals surface area (Å²) in [5.41, 5.74) is -0.823. The Kier molecular flexibility index (Phi) is 5.40. The average molecular weight is 206 g/mol. The normalized spacial score (nSPS) is 13.9. The monoisotopic (exact) mass is 206 g/mol. The summed E-state index contributed by atoms with van der Waals surface area (Å²) in [6, 6.07) is 0. The molecule has 0 N–H and O–H groups in total. The van der Waals surface area contributed by atoms with E-state index in [-0.39, 0.29) is 11.6 Å². The molecule has 0 rings (SSSR count). The van der Waals surface area contributed by atoms with Gasteiger partial charge in [0.15, 0.2) is 0 Å². The van der Waals surface area contributed by atoms with Gasteiger partial charge < -0.3 is 9.47 Å². The second-order valence-corrected chi connectivity index (χ2v) is 4.88. The topological polar surface area (TPSA) is 35.5 Å². The van der Waals surface area contributed by atoms with Crippen LogP contribution in [-0.4, -0.2) is 29.9 Å². The molecule has 0 aliphatic carbocycles. The Bertz CT molecular complexity index is 163. The highest BCUT2D eigenvalue weighted by Crippen LogP contribution is 2.20. The summed E-state index contributed by atoms with van der Waals surface area (Å²) in [5.74, 6) is 0.511. The first-order valence-electron chi connectivity index (χ1n) is 4.28. The minimum atomic E-state index is -0.505.